The predicted molar refractivity (Wildman–Crippen MR) is 31.9 cm³/mol. The average molecular weight is 267 g/mol. The fourth-order valence-corrected chi connectivity index (χ4v) is 0.686. The molecule has 13 heavy (non-hydrogen) atoms. The first-order valence-corrected chi connectivity index (χ1v) is 3.48. The Hall–Kier alpha value is -0.730. The molecule has 1 heterocycles. The van der Waals surface area contributed by atoms with E-state index >= 15 is 0 Å². The summed E-state index contributed by atoms with van der Waals surface area (Å²) in [7, 11) is 0. The normalized spacial score (nSPS) is 13.4. The maximum absolute atomic E-state index is 12.3. The maximum atomic E-state index is 12.3. The zero-order valence-electron chi connectivity index (χ0n) is 5.57. The van der Waals surface area contributed by atoms with Gasteiger partial charge in [-0.05, 0) is 0 Å². The van der Waals surface area contributed by atoms with Gasteiger partial charge in [-0.1, -0.05) is 0 Å². The molecule has 0 aliphatic heterocycles. The van der Waals surface area contributed by atoms with Crippen LogP contribution in [0.4, 0.5) is 22.0 Å². The molecular weight excluding hydrogens is 267 g/mol. The highest BCUT2D eigenvalue weighted by molar-refractivity contribution is 9.10. The van der Waals surface area contributed by atoms with E-state index in [9.17, 15) is 22.0 Å². The second kappa shape index (κ2) is 2.89. The van der Waals surface area contributed by atoms with Gasteiger partial charge in [0.15, 0.2) is 0 Å². The Morgan fingerprint density at radius 2 is 1.62 bits per heavy atom. The molecule has 1 rings (SSSR count). The summed E-state index contributed by atoms with van der Waals surface area (Å²) in [6.07, 6.45) is -5.74. The van der Waals surface area contributed by atoms with Gasteiger partial charge in [0.1, 0.15) is 0 Å². The topological polar surface area (TPSA) is 38.9 Å². The number of alkyl halides is 5. The van der Waals surface area contributed by atoms with Crippen molar-refractivity contribution in [3.63, 3.8) is 0 Å². The molecule has 74 valence electrons. The van der Waals surface area contributed by atoms with Crippen LogP contribution in [-0.2, 0) is 5.92 Å². The SMILES string of the molecule is FC(F)(F)C(F)(F)c1nnc(Br)o1. The number of nitrogens with zero attached hydrogens (tertiary/aromatic N) is 2. The molecule has 0 N–H and O–H groups in total. The molecule has 0 aliphatic carbocycles. The Morgan fingerprint density at radius 1 is 1.08 bits per heavy atom. The van der Waals surface area contributed by atoms with Crippen molar-refractivity contribution in [3.05, 3.63) is 10.7 Å². The van der Waals surface area contributed by atoms with Crippen molar-refractivity contribution in [1.29, 1.82) is 0 Å². The van der Waals surface area contributed by atoms with Crippen molar-refractivity contribution in [3.8, 4) is 0 Å². The summed E-state index contributed by atoms with van der Waals surface area (Å²) in [5.74, 6) is -6.90. The third-order valence-electron chi connectivity index (χ3n) is 1.02. The van der Waals surface area contributed by atoms with Crippen LogP contribution in [-0.4, -0.2) is 16.4 Å². The van der Waals surface area contributed by atoms with E-state index in [1.165, 1.54) is 0 Å². The Kier molecular flexibility index (Phi) is 2.30. The summed E-state index contributed by atoms with van der Waals surface area (Å²) in [5.41, 5.74) is 0. The standard InChI is InChI=1S/C4BrF5N2O/c5-2-12-11-1(13-2)3(6,7)4(8,9)10. The highest BCUT2D eigenvalue weighted by atomic mass is 79.9. The molecule has 0 aromatic carbocycles. The zero-order chi connectivity index (χ0) is 10.3. The van der Waals surface area contributed by atoms with Crippen LogP contribution in [0.3, 0.4) is 0 Å². The third kappa shape index (κ3) is 1.79. The van der Waals surface area contributed by atoms with E-state index in [1.54, 1.807) is 0 Å². The van der Waals surface area contributed by atoms with Crippen LogP contribution in [0.5, 0.6) is 0 Å². The van der Waals surface area contributed by atoms with E-state index in [1.807, 2.05) is 0 Å². The first-order chi connectivity index (χ1) is 5.75. The Morgan fingerprint density at radius 3 is 1.92 bits per heavy atom. The molecule has 0 fully saturated rings. The number of aromatic nitrogens is 2. The largest absolute Gasteiger partial charge is 0.463 e. The van der Waals surface area contributed by atoms with Gasteiger partial charge in [-0.15, -0.1) is 10.2 Å². The Bertz CT molecular complexity index is 308. The lowest BCUT2D eigenvalue weighted by Crippen LogP contribution is -2.33. The van der Waals surface area contributed by atoms with Gasteiger partial charge in [-0.3, -0.25) is 0 Å². The Labute approximate surface area is 76.1 Å². The molecule has 1 aromatic heterocycles. The van der Waals surface area contributed by atoms with Crippen molar-refractivity contribution >= 4 is 15.9 Å². The quantitative estimate of drug-likeness (QED) is 0.733. The van der Waals surface area contributed by atoms with Gasteiger partial charge in [0.2, 0.25) is 0 Å². The van der Waals surface area contributed by atoms with Crippen LogP contribution < -0.4 is 0 Å². The number of hydrogen-bond donors (Lipinski definition) is 0. The molecule has 0 amide bonds. The van der Waals surface area contributed by atoms with Crippen LogP contribution in [0.15, 0.2) is 9.22 Å². The minimum atomic E-state index is -5.74. The molecule has 3 nitrogen and oxygen atoms in total. The zero-order valence-corrected chi connectivity index (χ0v) is 7.16. The van der Waals surface area contributed by atoms with Crippen molar-refractivity contribution in [2.75, 3.05) is 0 Å². The number of halogens is 6. The van der Waals surface area contributed by atoms with Crippen molar-refractivity contribution in [1.82, 2.24) is 10.2 Å². The van der Waals surface area contributed by atoms with Gasteiger partial charge in [0, 0.05) is 15.9 Å². The molecule has 0 bridgehead atoms. The predicted octanol–water partition coefficient (Wildman–Crippen LogP) is 2.49. The van der Waals surface area contributed by atoms with Gasteiger partial charge >= 0.3 is 12.1 Å². The number of hydrogen-bond acceptors (Lipinski definition) is 3. The highest BCUT2D eigenvalue weighted by Gasteiger charge is 2.62. The van der Waals surface area contributed by atoms with Crippen molar-refractivity contribution in [2.24, 2.45) is 0 Å². The fourth-order valence-electron chi connectivity index (χ4n) is 0.453. The molecule has 0 saturated carbocycles. The summed E-state index contributed by atoms with van der Waals surface area (Å²) in [4.78, 5) is -0.536. The third-order valence-corrected chi connectivity index (χ3v) is 1.35. The summed E-state index contributed by atoms with van der Waals surface area (Å²) in [6.45, 7) is 0. The van der Waals surface area contributed by atoms with E-state index in [4.69, 9.17) is 0 Å². The molecule has 0 atom stereocenters. The van der Waals surface area contributed by atoms with Gasteiger partial charge in [0.05, 0.1) is 0 Å². The molecule has 0 aliphatic rings. The smallest absolute Gasteiger partial charge is 0.409 e. The second-order valence-electron chi connectivity index (χ2n) is 1.93. The van der Waals surface area contributed by atoms with Crippen LogP contribution in [0.1, 0.15) is 5.89 Å². The van der Waals surface area contributed by atoms with Crippen LogP contribution in [0.25, 0.3) is 0 Å². The van der Waals surface area contributed by atoms with E-state index in [-0.39, 0.29) is 0 Å². The van der Waals surface area contributed by atoms with Crippen LogP contribution in [0.2, 0.25) is 0 Å². The van der Waals surface area contributed by atoms with Gasteiger partial charge in [-0.25, -0.2) is 0 Å². The molecule has 0 unspecified atom stereocenters. The molecule has 1 aromatic rings. The average Bonchev–Trinajstić information content (AvgIpc) is 2.33. The lowest BCUT2D eigenvalue weighted by atomic mass is 10.3. The van der Waals surface area contributed by atoms with E-state index in [0.29, 0.717) is 0 Å². The monoisotopic (exact) mass is 266 g/mol. The van der Waals surface area contributed by atoms with Gasteiger partial charge < -0.3 is 4.42 Å². The van der Waals surface area contributed by atoms with Gasteiger partial charge in [-0.2, -0.15) is 22.0 Å². The lowest BCUT2D eigenvalue weighted by molar-refractivity contribution is -0.297. The second-order valence-corrected chi connectivity index (χ2v) is 2.61. The molecule has 0 radical (unpaired) electrons. The molecule has 0 saturated heterocycles. The molecule has 9 heteroatoms. The van der Waals surface area contributed by atoms with E-state index in [0.717, 1.165) is 0 Å². The molecular formula is C4BrF5N2O. The summed E-state index contributed by atoms with van der Waals surface area (Å²) in [5, 5.41) is 5.34. The first-order valence-electron chi connectivity index (χ1n) is 2.69. The number of rotatable bonds is 1. The summed E-state index contributed by atoms with van der Waals surface area (Å²) < 4.78 is 63.5. The Balaban J connectivity index is 3.07. The summed E-state index contributed by atoms with van der Waals surface area (Å²) in [6, 6.07) is 0. The lowest BCUT2D eigenvalue weighted by Gasteiger charge is -2.14. The minimum Gasteiger partial charge on any atom is -0.409 e. The minimum absolute atomic E-state index is 0.536. The van der Waals surface area contributed by atoms with Crippen LogP contribution in [0, 0.1) is 0 Å². The highest BCUT2D eigenvalue weighted by Crippen LogP contribution is 2.43. The van der Waals surface area contributed by atoms with E-state index in [2.05, 4.69) is 30.5 Å². The fraction of sp³-hybridized carbons (Fsp3) is 0.500. The van der Waals surface area contributed by atoms with E-state index < -0.39 is 22.8 Å². The molecule has 0 spiro atoms. The first kappa shape index (κ1) is 10.4. The van der Waals surface area contributed by atoms with Crippen molar-refractivity contribution in [2.45, 2.75) is 12.1 Å². The summed E-state index contributed by atoms with van der Waals surface area (Å²) >= 11 is 2.45. The van der Waals surface area contributed by atoms with Crippen LogP contribution >= 0.6 is 15.9 Å². The van der Waals surface area contributed by atoms with Gasteiger partial charge in [0.25, 0.3) is 10.7 Å². The maximum Gasteiger partial charge on any atom is 0.463 e. The van der Waals surface area contributed by atoms with Crippen molar-refractivity contribution < 1.29 is 26.4 Å².